The summed E-state index contributed by atoms with van der Waals surface area (Å²) in [7, 11) is 1.68. The molecule has 1 aromatic heterocycles. The topological polar surface area (TPSA) is 80.6 Å². The zero-order chi connectivity index (χ0) is 21.4. The molecule has 2 aliphatic rings. The van der Waals surface area contributed by atoms with Crippen LogP contribution in [-0.2, 0) is 12.8 Å². The van der Waals surface area contributed by atoms with Gasteiger partial charge in [-0.1, -0.05) is 18.2 Å². The highest BCUT2D eigenvalue weighted by Crippen LogP contribution is 2.41. The van der Waals surface area contributed by atoms with Gasteiger partial charge in [-0.3, -0.25) is 0 Å². The summed E-state index contributed by atoms with van der Waals surface area (Å²) in [6.07, 6.45) is 6.95. The number of nitrogens with zero attached hydrogens (tertiary/aromatic N) is 1. The Hall–Kier alpha value is -3.15. The number of H-pyrrole nitrogens is 1. The van der Waals surface area contributed by atoms with Crippen LogP contribution in [0, 0.1) is 5.92 Å². The van der Waals surface area contributed by atoms with Crippen LogP contribution in [0.5, 0.6) is 11.5 Å². The minimum Gasteiger partial charge on any atom is -0.493 e. The number of ether oxygens (including phenoxy) is 2. The number of aromatic amines is 1. The van der Waals surface area contributed by atoms with Crippen molar-refractivity contribution in [2.24, 2.45) is 11.7 Å². The third-order valence-corrected chi connectivity index (χ3v) is 6.60. The molecule has 0 bridgehead atoms. The zero-order valence-corrected chi connectivity index (χ0v) is 17.9. The molecule has 5 rings (SSSR count). The number of para-hydroxylation sites is 1. The first-order valence-corrected chi connectivity index (χ1v) is 11.1. The lowest BCUT2D eigenvalue weighted by molar-refractivity contribution is 0.174. The lowest BCUT2D eigenvalue weighted by Gasteiger charge is -2.37. The van der Waals surface area contributed by atoms with Gasteiger partial charge in [0, 0.05) is 23.6 Å². The molecule has 2 heterocycles. The van der Waals surface area contributed by atoms with E-state index >= 15 is 0 Å². The number of methoxy groups -OCH3 is 1. The van der Waals surface area contributed by atoms with Crippen LogP contribution in [0.15, 0.2) is 42.6 Å². The second-order valence-electron chi connectivity index (χ2n) is 8.65. The standard InChI is InChI=1S/C25H29N3O3/c1-30-23-12-17-10-11-28(25(26)29)22(20(17)13-24(23)31-15-16-6-7-16)9-8-18-14-27-21-5-3-2-4-19(18)21/h2-5,12-14,16,22,27H,6-11,15H2,1H3,(H2,26,29)/t22-/m1/s1. The molecule has 31 heavy (non-hydrogen) atoms. The third kappa shape index (κ3) is 3.94. The summed E-state index contributed by atoms with van der Waals surface area (Å²) < 4.78 is 11.7. The summed E-state index contributed by atoms with van der Waals surface area (Å²) in [4.78, 5) is 17.4. The van der Waals surface area contributed by atoms with Crippen molar-refractivity contribution >= 4 is 16.9 Å². The molecular formula is C25H29N3O3. The van der Waals surface area contributed by atoms with Crippen LogP contribution in [0.1, 0.15) is 42.0 Å². The molecule has 0 unspecified atom stereocenters. The summed E-state index contributed by atoms with van der Waals surface area (Å²) in [5, 5.41) is 1.23. The van der Waals surface area contributed by atoms with Gasteiger partial charge in [0.2, 0.25) is 0 Å². The van der Waals surface area contributed by atoms with Gasteiger partial charge in [-0.25, -0.2) is 4.79 Å². The molecule has 0 saturated heterocycles. The van der Waals surface area contributed by atoms with E-state index in [1.807, 2.05) is 6.07 Å². The van der Waals surface area contributed by atoms with E-state index < -0.39 is 0 Å². The Bertz CT molecular complexity index is 1100. The number of primary amides is 1. The molecule has 162 valence electrons. The van der Waals surface area contributed by atoms with Crippen LogP contribution < -0.4 is 15.2 Å². The van der Waals surface area contributed by atoms with E-state index in [1.165, 1.54) is 29.4 Å². The number of carbonyl (C=O) groups excluding carboxylic acids is 1. The SMILES string of the molecule is COc1cc2c(cc1OCC1CC1)[C@@H](CCc1c[nH]c3ccccc13)N(C(N)=O)CC2. The van der Waals surface area contributed by atoms with Gasteiger partial charge in [0.25, 0.3) is 0 Å². The maximum absolute atomic E-state index is 12.3. The third-order valence-electron chi connectivity index (χ3n) is 6.60. The summed E-state index contributed by atoms with van der Waals surface area (Å²) >= 11 is 0. The highest BCUT2D eigenvalue weighted by molar-refractivity contribution is 5.83. The van der Waals surface area contributed by atoms with Crippen molar-refractivity contribution in [3.05, 3.63) is 59.3 Å². The molecule has 2 amide bonds. The Morgan fingerprint density at radius 1 is 1.23 bits per heavy atom. The fourth-order valence-electron chi connectivity index (χ4n) is 4.68. The maximum Gasteiger partial charge on any atom is 0.315 e. The molecule has 1 fully saturated rings. The second-order valence-corrected chi connectivity index (χ2v) is 8.65. The number of urea groups is 1. The fourth-order valence-corrected chi connectivity index (χ4v) is 4.68. The lowest BCUT2D eigenvalue weighted by atomic mass is 9.88. The smallest absolute Gasteiger partial charge is 0.315 e. The number of rotatable bonds is 7. The van der Waals surface area contributed by atoms with E-state index in [-0.39, 0.29) is 12.1 Å². The number of benzene rings is 2. The molecule has 3 N–H and O–H groups in total. The van der Waals surface area contributed by atoms with E-state index in [1.54, 1.807) is 12.0 Å². The van der Waals surface area contributed by atoms with Crippen molar-refractivity contribution in [2.75, 3.05) is 20.3 Å². The number of amides is 2. The number of hydrogen-bond acceptors (Lipinski definition) is 3. The van der Waals surface area contributed by atoms with E-state index in [0.29, 0.717) is 19.1 Å². The highest BCUT2D eigenvalue weighted by Gasteiger charge is 2.31. The summed E-state index contributed by atoms with van der Waals surface area (Å²) in [5.74, 6) is 2.18. The monoisotopic (exact) mass is 419 g/mol. The Morgan fingerprint density at radius 3 is 2.84 bits per heavy atom. The quantitative estimate of drug-likeness (QED) is 0.588. The molecule has 2 aromatic carbocycles. The number of aryl methyl sites for hydroxylation is 1. The summed E-state index contributed by atoms with van der Waals surface area (Å²) in [5.41, 5.74) is 10.5. The van der Waals surface area contributed by atoms with E-state index in [0.717, 1.165) is 41.8 Å². The predicted octanol–water partition coefficient (Wildman–Crippen LogP) is 4.58. The second kappa shape index (κ2) is 8.17. The Kier molecular flexibility index (Phi) is 5.22. The van der Waals surface area contributed by atoms with Crippen LogP contribution in [0.3, 0.4) is 0 Å². The minimum absolute atomic E-state index is 0.0795. The van der Waals surface area contributed by atoms with Crippen molar-refractivity contribution in [1.29, 1.82) is 0 Å². The van der Waals surface area contributed by atoms with Crippen LogP contribution in [-0.4, -0.2) is 36.2 Å². The van der Waals surface area contributed by atoms with Crippen molar-refractivity contribution < 1.29 is 14.3 Å². The van der Waals surface area contributed by atoms with Crippen molar-refractivity contribution in [3.8, 4) is 11.5 Å². The minimum atomic E-state index is -0.370. The van der Waals surface area contributed by atoms with Gasteiger partial charge in [-0.2, -0.15) is 0 Å². The van der Waals surface area contributed by atoms with Crippen LogP contribution in [0.25, 0.3) is 10.9 Å². The van der Waals surface area contributed by atoms with Crippen molar-refractivity contribution in [1.82, 2.24) is 9.88 Å². The van der Waals surface area contributed by atoms with Gasteiger partial charge < -0.3 is 25.1 Å². The lowest BCUT2D eigenvalue weighted by Crippen LogP contribution is -2.43. The predicted molar refractivity (Wildman–Crippen MR) is 121 cm³/mol. The molecular weight excluding hydrogens is 390 g/mol. The number of aromatic nitrogens is 1. The van der Waals surface area contributed by atoms with Gasteiger partial charge in [-0.05, 0) is 72.9 Å². The molecule has 1 aliphatic heterocycles. The van der Waals surface area contributed by atoms with Gasteiger partial charge in [0.1, 0.15) is 0 Å². The van der Waals surface area contributed by atoms with Crippen LogP contribution >= 0.6 is 0 Å². The van der Waals surface area contributed by atoms with E-state index in [9.17, 15) is 4.79 Å². The van der Waals surface area contributed by atoms with Crippen molar-refractivity contribution in [3.63, 3.8) is 0 Å². The number of hydrogen-bond donors (Lipinski definition) is 2. The molecule has 1 atom stereocenters. The molecule has 6 heteroatoms. The molecule has 0 radical (unpaired) electrons. The number of nitrogens with one attached hydrogen (secondary N) is 1. The average Bonchev–Trinajstić information content (AvgIpc) is 3.53. The van der Waals surface area contributed by atoms with Gasteiger partial charge >= 0.3 is 6.03 Å². The first-order chi connectivity index (χ1) is 15.1. The fraction of sp³-hybridized carbons (Fsp3) is 0.400. The van der Waals surface area contributed by atoms with Gasteiger partial charge in [-0.15, -0.1) is 0 Å². The maximum atomic E-state index is 12.3. The highest BCUT2D eigenvalue weighted by atomic mass is 16.5. The number of nitrogens with two attached hydrogens (primary N) is 1. The number of fused-ring (bicyclic) bond motifs is 2. The first-order valence-electron chi connectivity index (χ1n) is 11.1. The Morgan fingerprint density at radius 2 is 2.06 bits per heavy atom. The molecule has 6 nitrogen and oxygen atoms in total. The average molecular weight is 420 g/mol. The molecule has 3 aromatic rings. The summed E-state index contributed by atoms with van der Waals surface area (Å²) in [6, 6.07) is 12.0. The van der Waals surface area contributed by atoms with Crippen molar-refractivity contribution in [2.45, 2.75) is 38.1 Å². The molecule has 1 aliphatic carbocycles. The summed E-state index contributed by atoms with van der Waals surface area (Å²) in [6.45, 7) is 1.33. The molecule has 0 spiro atoms. The Labute approximate surface area is 182 Å². The zero-order valence-electron chi connectivity index (χ0n) is 17.9. The number of carbonyl (C=O) groups is 1. The van der Waals surface area contributed by atoms with Crippen LogP contribution in [0.4, 0.5) is 4.79 Å². The van der Waals surface area contributed by atoms with Gasteiger partial charge in [0.05, 0.1) is 19.8 Å². The van der Waals surface area contributed by atoms with Crippen LogP contribution in [0.2, 0.25) is 0 Å². The Balaban J connectivity index is 1.45. The first kappa shape index (κ1) is 19.8. The molecule has 1 saturated carbocycles. The van der Waals surface area contributed by atoms with E-state index in [4.69, 9.17) is 15.2 Å². The van der Waals surface area contributed by atoms with Gasteiger partial charge in [0.15, 0.2) is 11.5 Å². The largest absolute Gasteiger partial charge is 0.493 e. The normalized spacial score (nSPS) is 18.1. The van der Waals surface area contributed by atoms with E-state index in [2.05, 4.69) is 41.5 Å².